The zero-order chi connectivity index (χ0) is 16.4. The number of carbonyl (C=O) groups is 1. The smallest absolute Gasteiger partial charge is 0.408 e. The predicted octanol–water partition coefficient (Wildman–Crippen LogP) is 3.69. The van der Waals surface area contributed by atoms with E-state index in [2.05, 4.69) is 21.2 Å². The molecule has 1 heterocycles. The minimum atomic E-state index is -0.457. The van der Waals surface area contributed by atoms with E-state index in [-0.39, 0.29) is 18.9 Å². The third-order valence-electron chi connectivity index (χ3n) is 3.53. The summed E-state index contributed by atoms with van der Waals surface area (Å²) in [7, 11) is 0. The van der Waals surface area contributed by atoms with Crippen LogP contribution in [-0.2, 0) is 11.3 Å². The van der Waals surface area contributed by atoms with Crippen molar-refractivity contribution < 1.29 is 9.21 Å². The van der Waals surface area contributed by atoms with Crippen molar-refractivity contribution >= 4 is 38.6 Å². The van der Waals surface area contributed by atoms with Crippen molar-refractivity contribution in [1.82, 2.24) is 4.57 Å². The number of fused-ring (bicyclic) bond motifs is 1. The van der Waals surface area contributed by atoms with E-state index in [9.17, 15) is 9.59 Å². The first-order valence-electron chi connectivity index (χ1n) is 7.18. The maximum absolute atomic E-state index is 12.0. The van der Waals surface area contributed by atoms with Gasteiger partial charge in [-0.1, -0.05) is 33.6 Å². The number of rotatable bonds is 4. The van der Waals surface area contributed by atoms with Gasteiger partial charge in [-0.3, -0.25) is 9.36 Å². The van der Waals surface area contributed by atoms with E-state index < -0.39 is 5.76 Å². The predicted molar refractivity (Wildman–Crippen MR) is 92.6 cm³/mol. The van der Waals surface area contributed by atoms with Crippen LogP contribution in [-0.4, -0.2) is 10.5 Å². The highest BCUT2D eigenvalue weighted by Crippen LogP contribution is 2.19. The number of oxazole rings is 1. The lowest BCUT2D eigenvalue weighted by atomic mass is 10.2. The number of carbonyl (C=O) groups excluding carboxylic acids is 1. The van der Waals surface area contributed by atoms with Gasteiger partial charge in [-0.25, -0.2) is 4.79 Å². The Morgan fingerprint density at radius 2 is 1.96 bits per heavy atom. The van der Waals surface area contributed by atoms with Gasteiger partial charge < -0.3 is 9.73 Å². The second-order valence-electron chi connectivity index (χ2n) is 5.30. The molecule has 1 amide bonds. The van der Waals surface area contributed by atoms with Gasteiger partial charge in [-0.05, 0) is 37.3 Å². The lowest BCUT2D eigenvalue weighted by Crippen LogP contribution is -2.19. The highest BCUT2D eigenvalue weighted by molar-refractivity contribution is 9.10. The van der Waals surface area contributed by atoms with E-state index in [0.29, 0.717) is 11.1 Å². The van der Waals surface area contributed by atoms with Crippen LogP contribution < -0.4 is 11.1 Å². The summed E-state index contributed by atoms with van der Waals surface area (Å²) in [5, 5.41) is 2.82. The highest BCUT2D eigenvalue weighted by atomic mass is 79.9. The van der Waals surface area contributed by atoms with Gasteiger partial charge >= 0.3 is 5.76 Å². The van der Waals surface area contributed by atoms with E-state index >= 15 is 0 Å². The molecule has 0 radical (unpaired) electrons. The number of hydrogen-bond donors (Lipinski definition) is 1. The maximum Gasteiger partial charge on any atom is 0.419 e. The molecule has 1 N–H and O–H groups in total. The average Bonchev–Trinajstić information content (AvgIpc) is 2.82. The van der Waals surface area contributed by atoms with Gasteiger partial charge in [0.2, 0.25) is 5.91 Å². The summed E-state index contributed by atoms with van der Waals surface area (Å²) in [6, 6.07) is 12.9. The summed E-state index contributed by atoms with van der Waals surface area (Å²) in [5.74, 6) is -0.603. The van der Waals surface area contributed by atoms with Crippen molar-refractivity contribution in [2.45, 2.75) is 19.9 Å². The molecule has 3 rings (SSSR count). The molecule has 6 heteroatoms. The SMILES string of the molecule is Cc1ccc(NC(=O)CCn2c(=O)oc3cc(Br)ccc32)cc1. The molecule has 118 valence electrons. The van der Waals surface area contributed by atoms with Crippen molar-refractivity contribution in [3.8, 4) is 0 Å². The Balaban J connectivity index is 1.70. The van der Waals surface area contributed by atoms with Crippen LogP contribution in [0.15, 0.2) is 56.1 Å². The van der Waals surface area contributed by atoms with Crippen molar-refractivity contribution in [2.75, 3.05) is 5.32 Å². The van der Waals surface area contributed by atoms with Crippen molar-refractivity contribution in [3.63, 3.8) is 0 Å². The van der Waals surface area contributed by atoms with Gasteiger partial charge in [0.15, 0.2) is 5.58 Å². The zero-order valence-corrected chi connectivity index (χ0v) is 14.1. The number of amides is 1. The summed E-state index contributed by atoms with van der Waals surface area (Å²) < 4.78 is 7.49. The summed E-state index contributed by atoms with van der Waals surface area (Å²) in [4.78, 5) is 23.9. The molecule has 2 aromatic carbocycles. The molecule has 0 aliphatic carbocycles. The Hall–Kier alpha value is -2.34. The molecular weight excluding hydrogens is 360 g/mol. The lowest BCUT2D eigenvalue weighted by Gasteiger charge is -2.06. The Morgan fingerprint density at radius 1 is 1.22 bits per heavy atom. The van der Waals surface area contributed by atoms with E-state index in [4.69, 9.17) is 4.42 Å². The number of aromatic nitrogens is 1. The van der Waals surface area contributed by atoms with Crippen molar-refractivity contribution in [2.24, 2.45) is 0 Å². The molecule has 0 aliphatic rings. The number of halogens is 1. The second kappa shape index (κ2) is 6.42. The van der Waals surface area contributed by atoms with Crippen LogP contribution in [0.5, 0.6) is 0 Å². The maximum atomic E-state index is 12.0. The Labute approximate surface area is 141 Å². The van der Waals surface area contributed by atoms with Crippen LogP contribution in [0, 0.1) is 6.92 Å². The van der Waals surface area contributed by atoms with Gasteiger partial charge in [0.1, 0.15) is 0 Å². The number of aryl methyl sites for hydroxylation is 2. The molecule has 23 heavy (non-hydrogen) atoms. The molecule has 0 spiro atoms. The quantitative estimate of drug-likeness (QED) is 0.757. The third kappa shape index (κ3) is 3.53. The molecule has 0 fully saturated rings. The topological polar surface area (TPSA) is 64.2 Å². The molecule has 0 saturated heterocycles. The van der Waals surface area contributed by atoms with E-state index in [0.717, 1.165) is 15.7 Å². The fourth-order valence-electron chi connectivity index (χ4n) is 2.33. The highest BCUT2D eigenvalue weighted by Gasteiger charge is 2.11. The monoisotopic (exact) mass is 374 g/mol. The summed E-state index contributed by atoms with van der Waals surface area (Å²) >= 11 is 3.34. The number of anilines is 1. The molecule has 3 aromatic rings. The van der Waals surface area contributed by atoms with Crippen LogP contribution in [0.3, 0.4) is 0 Å². The van der Waals surface area contributed by atoms with E-state index in [1.54, 1.807) is 12.1 Å². The normalized spacial score (nSPS) is 10.9. The van der Waals surface area contributed by atoms with Gasteiger partial charge in [0, 0.05) is 23.1 Å². The Bertz CT molecular complexity index is 910. The van der Waals surface area contributed by atoms with Crippen LogP contribution >= 0.6 is 15.9 Å². The van der Waals surface area contributed by atoms with Gasteiger partial charge in [0.05, 0.1) is 5.52 Å². The number of benzene rings is 2. The van der Waals surface area contributed by atoms with Crippen molar-refractivity contribution in [1.29, 1.82) is 0 Å². The largest absolute Gasteiger partial charge is 0.419 e. The first kappa shape index (κ1) is 15.6. The molecule has 0 unspecified atom stereocenters. The van der Waals surface area contributed by atoms with Gasteiger partial charge in [0.25, 0.3) is 0 Å². The van der Waals surface area contributed by atoms with Crippen LogP contribution in [0.25, 0.3) is 11.1 Å². The lowest BCUT2D eigenvalue weighted by molar-refractivity contribution is -0.116. The Kier molecular flexibility index (Phi) is 4.34. The third-order valence-corrected chi connectivity index (χ3v) is 4.02. The summed E-state index contributed by atoms with van der Waals surface area (Å²) in [6.07, 6.45) is 0.193. The number of hydrogen-bond acceptors (Lipinski definition) is 3. The first-order chi connectivity index (χ1) is 11.0. The van der Waals surface area contributed by atoms with Crippen LogP contribution in [0.4, 0.5) is 5.69 Å². The summed E-state index contributed by atoms with van der Waals surface area (Å²) in [5.41, 5.74) is 3.06. The van der Waals surface area contributed by atoms with E-state index in [1.807, 2.05) is 37.3 Å². The molecule has 0 bridgehead atoms. The molecule has 5 nitrogen and oxygen atoms in total. The van der Waals surface area contributed by atoms with Crippen molar-refractivity contribution in [3.05, 3.63) is 63.1 Å². The molecule has 0 atom stereocenters. The van der Waals surface area contributed by atoms with Crippen LogP contribution in [0.1, 0.15) is 12.0 Å². The summed E-state index contributed by atoms with van der Waals surface area (Å²) in [6.45, 7) is 2.26. The van der Waals surface area contributed by atoms with Gasteiger partial charge in [-0.2, -0.15) is 0 Å². The first-order valence-corrected chi connectivity index (χ1v) is 7.97. The number of nitrogens with one attached hydrogen (secondary N) is 1. The van der Waals surface area contributed by atoms with E-state index in [1.165, 1.54) is 4.57 Å². The second-order valence-corrected chi connectivity index (χ2v) is 6.21. The fraction of sp³-hybridized carbons (Fsp3) is 0.176. The molecule has 0 aliphatic heterocycles. The minimum Gasteiger partial charge on any atom is -0.408 e. The minimum absolute atomic E-state index is 0.146. The zero-order valence-electron chi connectivity index (χ0n) is 12.5. The van der Waals surface area contributed by atoms with Gasteiger partial charge in [-0.15, -0.1) is 0 Å². The van der Waals surface area contributed by atoms with Crippen LogP contribution in [0.2, 0.25) is 0 Å². The standard InChI is InChI=1S/C17H15BrN2O3/c1-11-2-5-13(6-3-11)19-16(21)8-9-20-14-7-4-12(18)10-15(14)23-17(20)22/h2-7,10H,8-9H2,1H3,(H,19,21). The fourth-order valence-corrected chi connectivity index (χ4v) is 2.67. The number of nitrogens with zero attached hydrogens (tertiary/aromatic N) is 1. The molecular formula is C17H15BrN2O3. The average molecular weight is 375 g/mol. The molecule has 1 aromatic heterocycles. The molecule has 0 saturated carbocycles. The Morgan fingerprint density at radius 3 is 2.70 bits per heavy atom.